The van der Waals surface area contributed by atoms with Crippen LogP contribution in [0.1, 0.15) is 5.56 Å². The van der Waals surface area contributed by atoms with E-state index in [1.54, 1.807) is 24.3 Å². The van der Waals surface area contributed by atoms with Gasteiger partial charge in [0, 0.05) is 11.6 Å². The Morgan fingerprint density at radius 2 is 1.95 bits per heavy atom. The Labute approximate surface area is 132 Å². The molecule has 0 aliphatic carbocycles. The number of aromatic nitrogens is 2. The van der Waals surface area contributed by atoms with Crippen LogP contribution in [0, 0.1) is 0 Å². The smallest absolute Gasteiger partial charge is 0.242 e. The molecule has 0 atom stereocenters. The number of nitrogens with one attached hydrogen (secondary N) is 1. The first-order chi connectivity index (χ1) is 10.6. The number of halogens is 1. The van der Waals surface area contributed by atoms with Crippen molar-refractivity contribution in [1.82, 2.24) is 15.0 Å². The maximum absolute atomic E-state index is 12.4. The number of benzene rings is 2. The second kappa shape index (κ2) is 6.04. The Bertz CT molecular complexity index is 908. The third-order valence-corrected chi connectivity index (χ3v) is 4.86. The molecular formula is C14H12ClN3O3S. The molecule has 1 heterocycles. The zero-order valence-corrected chi connectivity index (χ0v) is 12.9. The first-order valence-electron chi connectivity index (χ1n) is 6.52. The standard InChI is InChI=1S/C14H12ClN3O3S/c15-11-4-1-3-10(9-11)7-8-16-22(19,20)13-6-2-5-12-14(13)18-21-17-12/h1-6,9,16H,7-8H2. The monoisotopic (exact) mass is 337 g/mol. The average molecular weight is 338 g/mol. The quantitative estimate of drug-likeness (QED) is 0.772. The molecule has 1 N–H and O–H groups in total. The molecule has 0 fully saturated rings. The zero-order valence-electron chi connectivity index (χ0n) is 11.4. The molecule has 0 amide bonds. The summed E-state index contributed by atoms with van der Waals surface area (Å²) in [6.45, 7) is 0.254. The van der Waals surface area contributed by atoms with Crippen molar-refractivity contribution in [1.29, 1.82) is 0 Å². The summed E-state index contributed by atoms with van der Waals surface area (Å²) in [7, 11) is -3.68. The lowest BCUT2D eigenvalue weighted by molar-refractivity contribution is 0.315. The van der Waals surface area contributed by atoms with Gasteiger partial charge >= 0.3 is 0 Å². The van der Waals surface area contributed by atoms with E-state index in [4.69, 9.17) is 11.6 Å². The largest absolute Gasteiger partial charge is 0.243 e. The van der Waals surface area contributed by atoms with Gasteiger partial charge in [-0.3, -0.25) is 0 Å². The van der Waals surface area contributed by atoms with Crippen molar-refractivity contribution < 1.29 is 13.0 Å². The lowest BCUT2D eigenvalue weighted by Gasteiger charge is -2.07. The van der Waals surface area contributed by atoms with E-state index in [0.717, 1.165) is 5.56 Å². The highest BCUT2D eigenvalue weighted by Gasteiger charge is 2.19. The van der Waals surface area contributed by atoms with Crippen LogP contribution in [0.3, 0.4) is 0 Å². The summed E-state index contributed by atoms with van der Waals surface area (Å²) in [4.78, 5) is 0.0531. The Hall–Kier alpha value is -1.96. The summed E-state index contributed by atoms with van der Waals surface area (Å²) in [6.07, 6.45) is 0.535. The summed E-state index contributed by atoms with van der Waals surface area (Å²) in [6, 6.07) is 12.0. The average Bonchev–Trinajstić information content (AvgIpc) is 2.95. The molecule has 22 heavy (non-hydrogen) atoms. The minimum Gasteiger partial charge on any atom is -0.243 e. The van der Waals surface area contributed by atoms with E-state index in [9.17, 15) is 8.42 Å². The summed E-state index contributed by atoms with van der Waals surface area (Å²) in [5.74, 6) is 0. The van der Waals surface area contributed by atoms with Gasteiger partial charge in [-0.05, 0) is 46.6 Å². The first-order valence-corrected chi connectivity index (χ1v) is 8.38. The van der Waals surface area contributed by atoms with Crippen LogP contribution in [0.2, 0.25) is 5.02 Å². The minimum absolute atomic E-state index is 0.0531. The maximum Gasteiger partial charge on any atom is 0.242 e. The molecule has 0 saturated heterocycles. The molecule has 114 valence electrons. The lowest BCUT2D eigenvalue weighted by atomic mass is 10.2. The molecule has 8 heteroatoms. The molecular weight excluding hydrogens is 326 g/mol. The van der Waals surface area contributed by atoms with Gasteiger partial charge in [0.1, 0.15) is 10.4 Å². The van der Waals surface area contributed by atoms with Crippen molar-refractivity contribution in [2.45, 2.75) is 11.3 Å². The SMILES string of the molecule is O=S(=O)(NCCc1cccc(Cl)c1)c1cccc2nonc12. The van der Waals surface area contributed by atoms with E-state index in [-0.39, 0.29) is 17.0 Å². The second-order valence-corrected chi connectivity index (χ2v) is 6.84. The number of sulfonamides is 1. The minimum atomic E-state index is -3.68. The molecule has 0 bridgehead atoms. The van der Waals surface area contributed by atoms with Gasteiger partial charge < -0.3 is 0 Å². The molecule has 0 saturated carbocycles. The highest BCUT2D eigenvalue weighted by Crippen LogP contribution is 2.19. The van der Waals surface area contributed by atoms with Crippen LogP contribution in [0.25, 0.3) is 11.0 Å². The van der Waals surface area contributed by atoms with Gasteiger partial charge in [0.05, 0.1) is 0 Å². The number of nitrogens with zero attached hydrogens (tertiary/aromatic N) is 2. The first kappa shape index (κ1) is 15.0. The van der Waals surface area contributed by atoms with Crippen LogP contribution < -0.4 is 4.72 Å². The van der Waals surface area contributed by atoms with Gasteiger partial charge in [0.15, 0.2) is 5.52 Å². The summed E-state index contributed by atoms with van der Waals surface area (Å²) >= 11 is 5.90. The van der Waals surface area contributed by atoms with Crippen LogP contribution in [-0.2, 0) is 16.4 Å². The fourth-order valence-electron chi connectivity index (χ4n) is 2.10. The van der Waals surface area contributed by atoms with Crippen LogP contribution >= 0.6 is 11.6 Å². The van der Waals surface area contributed by atoms with E-state index in [1.165, 1.54) is 6.07 Å². The lowest BCUT2D eigenvalue weighted by Crippen LogP contribution is -2.26. The highest BCUT2D eigenvalue weighted by atomic mass is 35.5. The maximum atomic E-state index is 12.4. The fourth-order valence-corrected chi connectivity index (χ4v) is 3.49. The molecule has 0 aliphatic rings. The normalized spacial score (nSPS) is 11.9. The van der Waals surface area contributed by atoms with Crippen LogP contribution in [-0.4, -0.2) is 25.3 Å². The van der Waals surface area contributed by atoms with Crippen molar-refractivity contribution in [3.63, 3.8) is 0 Å². The number of hydrogen-bond donors (Lipinski definition) is 1. The molecule has 0 radical (unpaired) electrons. The Kier molecular flexibility index (Phi) is 4.10. The predicted octanol–water partition coefficient (Wildman–Crippen LogP) is 2.40. The summed E-state index contributed by atoms with van der Waals surface area (Å²) < 4.78 is 31.8. The van der Waals surface area contributed by atoms with E-state index < -0.39 is 10.0 Å². The summed E-state index contributed by atoms with van der Waals surface area (Å²) in [5.41, 5.74) is 1.58. The van der Waals surface area contributed by atoms with Crippen LogP contribution in [0.4, 0.5) is 0 Å². The molecule has 3 aromatic rings. The number of hydrogen-bond acceptors (Lipinski definition) is 5. The zero-order chi connectivity index (χ0) is 15.6. The molecule has 0 spiro atoms. The van der Waals surface area contributed by atoms with Gasteiger partial charge in [-0.25, -0.2) is 17.8 Å². The third-order valence-electron chi connectivity index (χ3n) is 3.13. The van der Waals surface area contributed by atoms with Crippen molar-refractivity contribution in [2.24, 2.45) is 0 Å². The van der Waals surface area contributed by atoms with Crippen LogP contribution in [0.5, 0.6) is 0 Å². The van der Waals surface area contributed by atoms with Gasteiger partial charge in [-0.1, -0.05) is 29.8 Å². The van der Waals surface area contributed by atoms with Crippen molar-refractivity contribution in [3.8, 4) is 0 Å². The summed E-state index contributed by atoms with van der Waals surface area (Å²) in [5, 5.41) is 7.90. The van der Waals surface area contributed by atoms with Crippen LogP contribution in [0.15, 0.2) is 52.0 Å². The number of fused-ring (bicyclic) bond motifs is 1. The van der Waals surface area contributed by atoms with E-state index in [1.807, 2.05) is 12.1 Å². The topological polar surface area (TPSA) is 85.1 Å². The van der Waals surface area contributed by atoms with Crippen molar-refractivity contribution in [3.05, 3.63) is 53.1 Å². The third kappa shape index (κ3) is 3.11. The molecule has 3 rings (SSSR count). The van der Waals surface area contributed by atoms with Crippen molar-refractivity contribution >= 4 is 32.7 Å². The fraction of sp³-hybridized carbons (Fsp3) is 0.143. The second-order valence-electron chi connectivity index (χ2n) is 4.67. The van der Waals surface area contributed by atoms with Gasteiger partial charge in [-0.2, -0.15) is 0 Å². The Morgan fingerprint density at radius 3 is 2.77 bits per heavy atom. The van der Waals surface area contributed by atoms with Gasteiger partial charge in [-0.15, -0.1) is 0 Å². The highest BCUT2D eigenvalue weighted by molar-refractivity contribution is 7.89. The predicted molar refractivity (Wildman–Crippen MR) is 82.1 cm³/mol. The molecule has 0 unspecified atom stereocenters. The number of rotatable bonds is 5. The van der Waals surface area contributed by atoms with E-state index >= 15 is 0 Å². The van der Waals surface area contributed by atoms with Gasteiger partial charge in [0.25, 0.3) is 0 Å². The molecule has 1 aromatic heterocycles. The Balaban J connectivity index is 1.75. The van der Waals surface area contributed by atoms with E-state index in [0.29, 0.717) is 17.0 Å². The Morgan fingerprint density at radius 1 is 1.14 bits per heavy atom. The molecule has 2 aromatic carbocycles. The van der Waals surface area contributed by atoms with E-state index in [2.05, 4.69) is 19.7 Å². The van der Waals surface area contributed by atoms with Gasteiger partial charge in [0.2, 0.25) is 10.0 Å². The molecule has 6 nitrogen and oxygen atoms in total. The van der Waals surface area contributed by atoms with Crippen molar-refractivity contribution in [2.75, 3.05) is 6.54 Å². The molecule has 0 aliphatic heterocycles.